The molecule has 18 heavy (non-hydrogen) atoms. The first-order valence-corrected chi connectivity index (χ1v) is 7.54. The SMILES string of the molecule is CCC1(C)CC(NCC2(N(C)C)CCC2)CCO1. The van der Waals surface area contributed by atoms with Crippen molar-refractivity contribution in [3.05, 3.63) is 0 Å². The molecule has 0 spiro atoms. The Hall–Kier alpha value is -0.120. The maximum Gasteiger partial charge on any atom is 0.0666 e. The van der Waals surface area contributed by atoms with Crippen LogP contribution < -0.4 is 5.32 Å². The molecule has 2 fully saturated rings. The second-order valence-corrected chi connectivity index (χ2v) is 6.69. The Morgan fingerprint density at radius 3 is 2.56 bits per heavy atom. The third-order valence-electron chi connectivity index (χ3n) is 5.30. The average molecular weight is 254 g/mol. The Labute approximate surface area is 112 Å². The summed E-state index contributed by atoms with van der Waals surface area (Å²) in [7, 11) is 4.45. The van der Waals surface area contributed by atoms with Crippen molar-refractivity contribution in [2.45, 2.75) is 69.6 Å². The normalized spacial score (nSPS) is 35.5. The van der Waals surface area contributed by atoms with E-state index < -0.39 is 0 Å². The van der Waals surface area contributed by atoms with Crippen LogP contribution in [-0.4, -0.2) is 49.3 Å². The first-order valence-electron chi connectivity index (χ1n) is 7.54. The van der Waals surface area contributed by atoms with Crippen molar-refractivity contribution >= 4 is 0 Å². The Bertz CT molecular complexity index is 276. The molecule has 0 aromatic heterocycles. The summed E-state index contributed by atoms with van der Waals surface area (Å²) in [5.74, 6) is 0. The van der Waals surface area contributed by atoms with Crippen LogP contribution in [0.2, 0.25) is 0 Å². The minimum atomic E-state index is 0.0980. The molecule has 0 radical (unpaired) electrons. The molecule has 1 saturated carbocycles. The lowest BCUT2D eigenvalue weighted by molar-refractivity contribution is -0.0801. The number of nitrogens with one attached hydrogen (secondary N) is 1. The van der Waals surface area contributed by atoms with Gasteiger partial charge in [-0.15, -0.1) is 0 Å². The quantitative estimate of drug-likeness (QED) is 0.815. The Kier molecular flexibility index (Phi) is 4.35. The third-order valence-corrected chi connectivity index (χ3v) is 5.30. The van der Waals surface area contributed by atoms with Crippen molar-refractivity contribution in [3.63, 3.8) is 0 Å². The van der Waals surface area contributed by atoms with Gasteiger partial charge in [0.1, 0.15) is 0 Å². The molecule has 1 aliphatic heterocycles. The highest BCUT2D eigenvalue weighted by molar-refractivity contribution is 4.99. The predicted octanol–water partition coefficient (Wildman–Crippen LogP) is 2.41. The monoisotopic (exact) mass is 254 g/mol. The summed E-state index contributed by atoms with van der Waals surface area (Å²) >= 11 is 0. The first kappa shape index (κ1) is 14.3. The number of hydrogen-bond acceptors (Lipinski definition) is 3. The van der Waals surface area contributed by atoms with Gasteiger partial charge in [-0.05, 0) is 59.5 Å². The van der Waals surface area contributed by atoms with Crippen LogP contribution in [0, 0.1) is 0 Å². The topological polar surface area (TPSA) is 24.5 Å². The van der Waals surface area contributed by atoms with Crippen molar-refractivity contribution in [1.82, 2.24) is 10.2 Å². The fourth-order valence-corrected chi connectivity index (χ4v) is 3.25. The second kappa shape index (κ2) is 5.48. The number of nitrogens with zero attached hydrogens (tertiary/aromatic N) is 1. The molecule has 3 heteroatoms. The average Bonchev–Trinajstić information content (AvgIpc) is 2.27. The Morgan fingerprint density at radius 1 is 1.33 bits per heavy atom. The molecule has 2 atom stereocenters. The predicted molar refractivity (Wildman–Crippen MR) is 75.9 cm³/mol. The molecular formula is C15H30N2O. The summed E-state index contributed by atoms with van der Waals surface area (Å²) in [4.78, 5) is 2.42. The van der Waals surface area contributed by atoms with E-state index in [1.54, 1.807) is 0 Å². The summed E-state index contributed by atoms with van der Waals surface area (Å²) in [6.45, 7) is 6.54. The number of ether oxygens (including phenoxy) is 1. The standard InChI is InChI=1S/C15H30N2O/c1-5-14(2)11-13(7-10-18-14)16-12-15(17(3)4)8-6-9-15/h13,16H,5-12H2,1-4H3. The van der Waals surface area contributed by atoms with E-state index >= 15 is 0 Å². The van der Waals surface area contributed by atoms with Crippen LogP contribution in [0.4, 0.5) is 0 Å². The van der Waals surface area contributed by atoms with Gasteiger partial charge in [-0.25, -0.2) is 0 Å². The lowest BCUT2D eigenvalue weighted by Crippen LogP contribution is -2.58. The highest BCUT2D eigenvalue weighted by Gasteiger charge is 2.40. The van der Waals surface area contributed by atoms with Gasteiger partial charge in [-0.3, -0.25) is 0 Å². The Morgan fingerprint density at radius 2 is 2.06 bits per heavy atom. The fraction of sp³-hybridized carbons (Fsp3) is 1.00. The largest absolute Gasteiger partial charge is 0.375 e. The summed E-state index contributed by atoms with van der Waals surface area (Å²) in [6.07, 6.45) is 7.53. The molecule has 0 aromatic rings. The highest BCUT2D eigenvalue weighted by atomic mass is 16.5. The molecule has 106 valence electrons. The molecule has 1 heterocycles. The fourth-order valence-electron chi connectivity index (χ4n) is 3.25. The molecule has 0 aromatic carbocycles. The van der Waals surface area contributed by atoms with Gasteiger partial charge in [0.2, 0.25) is 0 Å². The van der Waals surface area contributed by atoms with Crippen molar-refractivity contribution in [2.75, 3.05) is 27.2 Å². The van der Waals surface area contributed by atoms with E-state index in [9.17, 15) is 0 Å². The summed E-state index contributed by atoms with van der Waals surface area (Å²) in [5.41, 5.74) is 0.529. The number of hydrogen-bond donors (Lipinski definition) is 1. The van der Waals surface area contributed by atoms with Crippen LogP contribution in [0.15, 0.2) is 0 Å². The molecular weight excluding hydrogens is 224 g/mol. The number of rotatable bonds is 5. The first-order chi connectivity index (χ1) is 8.50. The van der Waals surface area contributed by atoms with Crippen LogP contribution >= 0.6 is 0 Å². The van der Waals surface area contributed by atoms with Crippen molar-refractivity contribution < 1.29 is 4.74 Å². The number of likely N-dealkylation sites (N-methyl/N-ethyl adjacent to an activating group) is 1. The van der Waals surface area contributed by atoms with E-state index in [2.05, 4.69) is 38.2 Å². The molecule has 1 aliphatic carbocycles. The van der Waals surface area contributed by atoms with E-state index in [1.165, 1.54) is 25.7 Å². The zero-order valence-corrected chi connectivity index (χ0v) is 12.6. The lowest BCUT2D eigenvalue weighted by Gasteiger charge is -2.49. The van der Waals surface area contributed by atoms with E-state index in [0.29, 0.717) is 11.6 Å². The van der Waals surface area contributed by atoms with E-state index in [-0.39, 0.29) is 5.60 Å². The van der Waals surface area contributed by atoms with E-state index in [1.807, 2.05) is 0 Å². The zero-order chi connectivity index (χ0) is 13.2. The van der Waals surface area contributed by atoms with Crippen LogP contribution in [-0.2, 0) is 4.74 Å². The van der Waals surface area contributed by atoms with Crippen molar-refractivity contribution in [3.8, 4) is 0 Å². The van der Waals surface area contributed by atoms with Crippen molar-refractivity contribution in [2.24, 2.45) is 0 Å². The molecule has 1 N–H and O–H groups in total. The van der Waals surface area contributed by atoms with Gasteiger partial charge in [0.05, 0.1) is 5.60 Å². The molecule has 0 amide bonds. The van der Waals surface area contributed by atoms with Gasteiger partial charge in [0.15, 0.2) is 0 Å². The third kappa shape index (κ3) is 2.89. The van der Waals surface area contributed by atoms with Gasteiger partial charge in [0.25, 0.3) is 0 Å². The minimum Gasteiger partial charge on any atom is -0.375 e. The summed E-state index contributed by atoms with van der Waals surface area (Å²) < 4.78 is 5.91. The molecule has 2 rings (SSSR count). The van der Waals surface area contributed by atoms with Crippen LogP contribution in [0.25, 0.3) is 0 Å². The maximum absolute atomic E-state index is 5.91. The van der Waals surface area contributed by atoms with Crippen LogP contribution in [0.3, 0.4) is 0 Å². The van der Waals surface area contributed by atoms with Gasteiger partial charge >= 0.3 is 0 Å². The molecule has 3 nitrogen and oxygen atoms in total. The minimum absolute atomic E-state index is 0.0980. The van der Waals surface area contributed by atoms with Gasteiger partial charge in [-0.2, -0.15) is 0 Å². The van der Waals surface area contributed by atoms with E-state index in [4.69, 9.17) is 4.74 Å². The maximum atomic E-state index is 5.91. The van der Waals surface area contributed by atoms with Gasteiger partial charge < -0.3 is 15.0 Å². The lowest BCUT2D eigenvalue weighted by atomic mass is 9.75. The van der Waals surface area contributed by atoms with Crippen LogP contribution in [0.5, 0.6) is 0 Å². The zero-order valence-electron chi connectivity index (χ0n) is 12.6. The summed E-state index contributed by atoms with van der Waals surface area (Å²) in [6, 6.07) is 0.640. The second-order valence-electron chi connectivity index (χ2n) is 6.69. The van der Waals surface area contributed by atoms with Crippen molar-refractivity contribution in [1.29, 1.82) is 0 Å². The van der Waals surface area contributed by atoms with E-state index in [0.717, 1.165) is 26.0 Å². The van der Waals surface area contributed by atoms with Gasteiger partial charge in [-0.1, -0.05) is 6.92 Å². The highest BCUT2D eigenvalue weighted by Crippen LogP contribution is 2.36. The summed E-state index contributed by atoms with van der Waals surface area (Å²) in [5, 5.41) is 3.81. The molecule has 1 saturated heterocycles. The van der Waals surface area contributed by atoms with Crippen LogP contribution in [0.1, 0.15) is 52.4 Å². The molecule has 2 unspecified atom stereocenters. The molecule has 0 bridgehead atoms. The Balaban J connectivity index is 1.83. The smallest absolute Gasteiger partial charge is 0.0666 e. The molecule has 2 aliphatic rings. The van der Waals surface area contributed by atoms with Gasteiger partial charge in [0, 0.05) is 24.7 Å².